The standard InChI is InChI=1S/C29H25F6N5O4/c1-39(25(43)23(41)37-21-9-8-16(28(30,31)32)11-19(21)29(33,34)35)22(10-15-6-7-15)24(42)40-14-27(12-17(40)13-36)18-4-2-3-5-20(18)38-26(27)44/h2-5,8-9,11,15,17,22H,6-7,10,12,14H2,1H3,(H,37,41)(H,38,44)/t17-,22-,27-/m0/s1. The third-order valence-electron chi connectivity index (χ3n) is 8.34. The van der Waals surface area contributed by atoms with Crippen molar-refractivity contribution in [3.63, 3.8) is 0 Å². The number of alkyl halides is 6. The molecule has 2 aromatic rings. The van der Waals surface area contributed by atoms with E-state index in [1.807, 2.05) is 6.07 Å². The molecule has 1 aliphatic carbocycles. The molecule has 1 saturated carbocycles. The highest BCUT2D eigenvalue weighted by atomic mass is 19.4. The lowest BCUT2D eigenvalue weighted by molar-refractivity contribution is -0.149. The SMILES string of the molecule is CN(C(=O)C(=O)Nc1ccc(C(F)(F)F)cc1C(F)(F)F)[C@@H](CC1CC1)C(=O)N1C[C@]2(C[C@H]1C#N)C(=O)Nc1ccccc12. The number of fused-ring (bicyclic) bond motifs is 2. The molecule has 0 aromatic heterocycles. The highest BCUT2D eigenvalue weighted by Crippen LogP contribution is 2.47. The van der Waals surface area contributed by atoms with Gasteiger partial charge in [-0.05, 0) is 42.2 Å². The minimum absolute atomic E-state index is 0.00149. The van der Waals surface area contributed by atoms with Crippen LogP contribution >= 0.6 is 0 Å². The summed E-state index contributed by atoms with van der Waals surface area (Å²) in [6.07, 6.45) is -8.87. The molecule has 232 valence electrons. The zero-order valence-electron chi connectivity index (χ0n) is 23.1. The van der Waals surface area contributed by atoms with Crippen molar-refractivity contribution in [3.05, 3.63) is 59.2 Å². The van der Waals surface area contributed by atoms with Crippen molar-refractivity contribution in [2.75, 3.05) is 24.2 Å². The van der Waals surface area contributed by atoms with Crippen molar-refractivity contribution in [2.24, 2.45) is 5.92 Å². The van der Waals surface area contributed by atoms with Gasteiger partial charge in [-0.25, -0.2) is 0 Å². The molecule has 9 nitrogen and oxygen atoms in total. The van der Waals surface area contributed by atoms with Gasteiger partial charge in [-0.15, -0.1) is 0 Å². The number of carbonyl (C=O) groups is 4. The fourth-order valence-corrected chi connectivity index (χ4v) is 5.81. The second kappa shape index (κ2) is 10.8. The largest absolute Gasteiger partial charge is 0.418 e. The van der Waals surface area contributed by atoms with Crippen LogP contribution in [-0.2, 0) is 36.9 Å². The summed E-state index contributed by atoms with van der Waals surface area (Å²) < 4.78 is 79.9. The van der Waals surface area contributed by atoms with E-state index in [-0.39, 0.29) is 31.4 Å². The Kier molecular flexibility index (Phi) is 7.59. The Morgan fingerprint density at radius 1 is 1.11 bits per heavy atom. The van der Waals surface area contributed by atoms with E-state index in [2.05, 4.69) is 5.32 Å². The summed E-state index contributed by atoms with van der Waals surface area (Å²) in [5.74, 6) is -4.13. The maximum Gasteiger partial charge on any atom is 0.418 e. The van der Waals surface area contributed by atoms with Gasteiger partial charge in [-0.2, -0.15) is 31.6 Å². The third-order valence-corrected chi connectivity index (χ3v) is 8.34. The third kappa shape index (κ3) is 5.56. The molecule has 2 N–H and O–H groups in total. The summed E-state index contributed by atoms with van der Waals surface area (Å²) in [7, 11) is 1.11. The summed E-state index contributed by atoms with van der Waals surface area (Å²) in [6, 6.07) is 7.08. The Hall–Kier alpha value is -4.61. The number of nitrogens with one attached hydrogen (secondary N) is 2. The lowest BCUT2D eigenvalue weighted by Gasteiger charge is -2.32. The van der Waals surface area contributed by atoms with Crippen LogP contribution in [0.5, 0.6) is 0 Å². The molecule has 0 unspecified atom stereocenters. The minimum atomic E-state index is -5.30. The number of rotatable bonds is 5. The van der Waals surface area contributed by atoms with E-state index in [1.165, 1.54) is 4.90 Å². The van der Waals surface area contributed by atoms with Crippen LogP contribution in [0.15, 0.2) is 42.5 Å². The van der Waals surface area contributed by atoms with Gasteiger partial charge in [0.1, 0.15) is 12.1 Å². The van der Waals surface area contributed by atoms with Gasteiger partial charge in [-0.1, -0.05) is 31.0 Å². The van der Waals surface area contributed by atoms with Crippen LogP contribution in [0.2, 0.25) is 0 Å². The van der Waals surface area contributed by atoms with Gasteiger partial charge < -0.3 is 20.4 Å². The van der Waals surface area contributed by atoms with Crippen LogP contribution in [-0.4, -0.2) is 59.1 Å². The summed E-state index contributed by atoms with van der Waals surface area (Å²) >= 11 is 0. The number of amides is 4. The van der Waals surface area contributed by atoms with E-state index in [9.17, 15) is 50.8 Å². The Morgan fingerprint density at radius 2 is 1.80 bits per heavy atom. The number of para-hydroxylation sites is 1. The van der Waals surface area contributed by atoms with Crippen LogP contribution < -0.4 is 10.6 Å². The Labute approximate surface area is 246 Å². The molecule has 3 aliphatic rings. The highest BCUT2D eigenvalue weighted by Gasteiger charge is 2.57. The van der Waals surface area contributed by atoms with Gasteiger partial charge in [0.05, 0.1) is 28.3 Å². The molecule has 2 aliphatic heterocycles. The molecule has 15 heteroatoms. The zero-order chi connectivity index (χ0) is 32.2. The van der Waals surface area contributed by atoms with Crippen molar-refractivity contribution >= 4 is 35.0 Å². The fraction of sp³-hybridized carbons (Fsp3) is 0.414. The van der Waals surface area contributed by atoms with E-state index in [4.69, 9.17) is 0 Å². The number of nitriles is 1. The molecule has 1 saturated heterocycles. The molecule has 2 aromatic carbocycles. The number of halogens is 6. The molecule has 2 fully saturated rings. The number of carbonyl (C=O) groups excluding carboxylic acids is 4. The van der Waals surface area contributed by atoms with Crippen molar-refractivity contribution < 1.29 is 45.5 Å². The van der Waals surface area contributed by atoms with Crippen LogP contribution in [0.25, 0.3) is 0 Å². The first-order valence-electron chi connectivity index (χ1n) is 13.5. The molecular weight excluding hydrogens is 596 g/mol. The smallest absolute Gasteiger partial charge is 0.325 e. The number of anilines is 2. The second-order valence-corrected chi connectivity index (χ2v) is 11.2. The van der Waals surface area contributed by atoms with Gasteiger partial charge >= 0.3 is 24.2 Å². The summed E-state index contributed by atoms with van der Waals surface area (Å²) in [5.41, 5.74) is -4.54. The van der Waals surface area contributed by atoms with Gasteiger partial charge in [0.25, 0.3) is 0 Å². The van der Waals surface area contributed by atoms with E-state index in [1.54, 1.807) is 29.6 Å². The first kappa shape index (κ1) is 30.8. The van der Waals surface area contributed by atoms with Crippen LogP contribution in [0.4, 0.5) is 37.7 Å². The molecule has 5 rings (SSSR count). The lowest BCUT2D eigenvalue weighted by Crippen LogP contribution is -2.53. The number of benzene rings is 2. The van der Waals surface area contributed by atoms with Gasteiger partial charge in [0.2, 0.25) is 11.8 Å². The van der Waals surface area contributed by atoms with Crippen LogP contribution in [0.3, 0.4) is 0 Å². The normalized spacial score (nSPS) is 21.8. The first-order chi connectivity index (χ1) is 20.6. The predicted octanol–water partition coefficient (Wildman–Crippen LogP) is 4.30. The molecule has 0 radical (unpaired) electrons. The number of nitrogens with zero attached hydrogens (tertiary/aromatic N) is 3. The van der Waals surface area contributed by atoms with Crippen molar-refractivity contribution in [2.45, 2.75) is 55.5 Å². The lowest BCUT2D eigenvalue weighted by atomic mass is 9.80. The van der Waals surface area contributed by atoms with E-state index in [0.717, 1.165) is 24.8 Å². The zero-order valence-corrected chi connectivity index (χ0v) is 23.1. The van der Waals surface area contributed by atoms with Crippen molar-refractivity contribution in [1.29, 1.82) is 5.26 Å². The first-order valence-corrected chi connectivity index (χ1v) is 13.5. The number of likely N-dealkylation sites (tertiary alicyclic amines) is 1. The fourth-order valence-electron chi connectivity index (χ4n) is 5.81. The summed E-state index contributed by atoms with van der Waals surface area (Å²) in [5, 5.41) is 14.4. The monoisotopic (exact) mass is 621 g/mol. The number of hydrogen-bond donors (Lipinski definition) is 2. The molecule has 0 bridgehead atoms. The predicted molar refractivity (Wildman–Crippen MR) is 141 cm³/mol. The van der Waals surface area contributed by atoms with Crippen LogP contribution in [0.1, 0.15) is 42.4 Å². The van der Waals surface area contributed by atoms with Crippen LogP contribution in [0, 0.1) is 17.2 Å². The molecule has 2 heterocycles. The van der Waals surface area contributed by atoms with Gasteiger partial charge in [-0.3, -0.25) is 19.2 Å². The Morgan fingerprint density at radius 3 is 2.41 bits per heavy atom. The van der Waals surface area contributed by atoms with Crippen molar-refractivity contribution in [1.82, 2.24) is 9.80 Å². The molecule has 4 amide bonds. The quantitative estimate of drug-likeness (QED) is 0.381. The molecular formula is C29H25F6N5O4. The molecule has 44 heavy (non-hydrogen) atoms. The second-order valence-electron chi connectivity index (χ2n) is 11.2. The number of hydrogen-bond acceptors (Lipinski definition) is 5. The highest BCUT2D eigenvalue weighted by molar-refractivity contribution is 6.40. The summed E-state index contributed by atoms with van der Waals surface area (Å²) in [6.45, 7) is -0.178. The Bertz CT molecular complexity index is 1580. The van der Waals surface area contributed by atoms with Gasteiger partial charge in [0, 0.05) is 25.7 Å². The summed E-state index contributed by atoms with van der Waals surface area (Å²) in [4.78, 5) is 55.0. The van der Waals surface area contributed by atoms with E-state index >= 15 is 0 Å². The van der Waals surface area contributed by atoms with E-state index in [0.29, 0.717) is 23.4 Å². The van der Waals surface area contributed by atoms with Gasteiger partial charge in [0.15, 0.2) is 0 Å². The maximum absolute atomic E-state index is 13.9. The topological polar surface area (TPSA) is 123 Å². The van der Waals surface area contributed by atoms with E-state index < -0.39 is 70.3 Å². The molecule has 1 spiro atoms. The Balaban J connectivity index is 1.39. The average molecular weight is 622 g/mol. The maximum atomic E-state index is 13.9. The number of likely N-dealkylation sites (N-methyl/N-ethyl adjacent to an activating group) is 1. The molecule has 3 atom stereocenters. The van der Waals surface area contributed by atoms with Crippen molar-refractivity contribution in [3.8, 4) is 6.07 Å². The average Bonchev–Trinajstić information content (AvgIpc) is 3.64. The minimum Gasteiger partial charge on any atom is -0.325 e.